The van der Waals surface area contributed by atoms with Crippen LogP contribution in [0.25, 0.3) is 0 Å². The lowest BCUT2D eigenvalue weighted by atomic mass is 10.1. The monoisotopic (exact) mass is 224 g/mol. The summed E-state index contributed by atoms with van der Waals surface area (Å²) < 4.78 is 0. The zero-order chi connectivity index (χ0) is 10.8. The molecule has 1 saturated heterocycles. The minimum absolute atomic E-state index is 0.437. The fourth-order valence-corrected chi connectivity index (χ4v) is 3.13. The molecule has 2 N–H and O–H groups in total. The van der Waals surface area contributed by atoms with Gasteiger partial charge < -0.3 is 5.73 Å². The van der Waals surface area contributed by atoms with E-state index < -0.39 is 0 Å². The van der Waals surface area contributed by atoms with Crippen molar-refractivity contribution in [1.82, 2.24) is 4.90 Å². The van der Waals surface area contributed by atoms with Crippen molar-refractivity contribution in [2.24, 2.45) is 5.73 Å². The highest BCUT2D eigenvalue weighted by Gasteiger charge is 2.17. The van der Waals surface area contributed by atoms with E-state index in [0.717, 1.165) is 32.5 Å². The molecule has 0 aromatic carbocycles. The zero-order valence-electron chi connectivity index (χ0n) is 9.62. The van der Waals surface area contributed by atoms with Crippen LogP contribution in [0.4, 0.5) is 0 Å². The van der Waals surface area contributed by atoms with E-state index in [-0.39, 0.29) is 0 Å². The molecule has 3 heteroatoms. The molecule has 1 fully saturated rings. The second-order valence-electron chi connectivity index (χ2n) is 4.55. The minimum Gasteiger partial charge on any atom is -0.328 e. The fourth-order valence-electron chi connectivity index (χ4n) is 2.19. The van der Waals surface area contributed by atoms with Gasteiger partial charge >= 0.3 is 0 Å². The third-order valence-electron chi connectivity index (χ3n) is 3.17. The number of hydrogen-bond acceptors (Lipinski definition) is 3. The van der Waals surface area contributed by atoms with Crippen LogP contribution in [0.1, 0.15) is 28.2 Å². The second kappa shape index (κ2) is 4.64. The molecule has 1 aliphatic rings. The van der Waals surface area contributed by atoms with E-state index in [4.69, 9.17) is 5.73 Å². The SMILES string of the molecule is Cc1cc(CN2CCC(N)CC2)c(C)s1. The Labute approximate surface area is 96.1 Å². The Morgan fingerprint density at radius 3 is 2.60 bits per heavy atom. The topological polar surface area (TPSA) is 29.3 Å². The lowest BCUT2D eigenvalue weighted by molar-refractivity contribution is 0.205. The van der Waals surface area contributed by atoms with Crippen LogP contribution >= 0.6 is 11.3 Å². The molecule has 0 saturated carbocycles. The van der Waals surface area contributed by atoms with Crippen molar-refractivity contribution in [3.63, 3.8) is 0 Å². The van der Waals surface area contributed by atoms with Crippen LogP contribution in [-0.2, 0) is 6.54 Å². The first-order chi connectivity index (χ1) is 7.15. The highest BCUT2D eigenvalue weighted by atomic mass is 32.1. The molecule has 0 amide bonds. The summed E-state index contributed by atoms with van der Waals surface area (Å²) in [5.74, 6) is 0. The van der Waals surface area contributed by atoms with Gasteiger partial charge in [0.15, 0.2) is 0 Å². The molecule has 2 heterocycles. The standard InChI is InChI=1S/C12H20N2S/c1-9-7-11(10(2)15-9)8-14-5-3-12(13)4-6-14/h7,12H,3-6,8,13H2,1-2H3. The van der Waals surface area contributed by atoms with Gasteiger partial charge in [-0.15, -0.1) is 11.3 Å². The number of nitrogens with two attached hydrogens (primary N) is 1. The highest BCUT2D eigenvalue weighted by molar-refractivity contribution is 7.12. The molecule has 15 heavy (non-hydrogen) atoms. The molecular formula is C12H20N2S. The maximum atomic E-state index is 5.90. The minimum atomic E-state index is 0.437. The first-order valence-electron chi connectivity index (χ1n) is 5.69. The lowest BCUT2D eigenvalue weighted by Crippen LogP contribution is -2.39. The first-order valence-corrected chi connectivity index (χ1v) is 6.50. The van der Waals surface area contributed by atoms with E-state index in [1.165, 1.54) is 15.3 Å². The second-order valence-corrected chi connectivity index (χ2v) is 6.01. The summed E-state index contributed by atoms with van der Waals surface area (Å²) >= 11 is 1.91. The fraction of sp³-hybridized carbons (Fsp3) is 0.667. The molecule has 0 aliphatic carbocycles. The summed E-state index contributed by atoms with van der Waals surface area (Å²) in [4.78, 5) is 5.43. The number of piperidine rings is 1. The van der Waals surface area contributed by atoms with E-state index in [1.54, 1.807) is 0 Å². The first kappa shape index (κ1) is 11.1. The van der Waals surface area contributed by atoms with Crippen LogP contribution in [0.15, 0.2) is 6.07 Å². The van der Waals surface area contributed by atoms with E-state index >= 15 is 0 Å². The molecule has 0 radical (unpaired) electrons. The summed E-state index contributed by atoms with van der Waals surface area (Å²) in [6.07, 6.45) is 2.31. The normalized spacial score (nSPS) is 19.7. The van der Waals surface area contributed by atoms with Gasteiger partial charge in [0.1, 0.15) is 0 Å². The van der Waals surface area contributed by atoms with Crippen LogP contribution in [0.3, 0.4) is 0 Å². The number of nitrogens with zero attached hydrogens (tertiary/aromatic N) is 1. The Kier molecular flexibility index (Phi) is 3.44. The van der Waals surface area contributed by atoms with Crippen molar-refractivity contribution < 1.29 is 0 Å². The molecule has 0 atom stereocenters. The number of thiophene rings is 1. The van der Waals surface area contributed by atoms with Crippen molar-refractivity contribution in [1.29, 1.82) is 0 Å². The maximum Gasteiger partial charge on any atom is 0.0244 e. The van der Waals surface area contributed by atoms with Crippen molar-refractivity contribution in [3.05, 3.63) is 21.4 Å². The van der Waals surface area contributed by atoms with Gasteiger partial charge in [0.25, 0.3) is 0 Å². The summed E-state index contributed by atoms with van der Waals surface area (Å²) in [6, 6.07) is 2.76. The van der Waals surface area contributed by atoms with E-state index in [2.05, 4.69) is 24.8 Å². The van der Waals surface area contributed by atoms with Crippen LogP contribution in [0.2, 0.25) is 0 Å². The molecule has 0 bridgehead atoms. The predicted molar refractivity (Wildman–Crippen MR) is 66.3 cm³/mol. The molecular weight excluding hydrogens is 204 g/mol. The zero-order valence-corrected chi connectivity index (χ0v) is 10.4. The van der Waals surface area contributed by atoms with Gasteiger partial charge in [-0.1, -0.05) is 0 Å². The van der Waals surface area contributed by atoms with Crippen molar-refractivity contribution in [2.45, 2.75) is 39.3 Å². The Hall–Kier alpha value is -0.380. The largest absolute Gasteiger partial charge is 0.328 e. The van der Waals surface area contributed by atoms with Gasteiger partial charge in [-0.25, -0.2) is 0 Å². The molecule has 0 spiro atoms. The van der Waals surface area contributed by atoms with Gasteiger partial charge in [-0.2, -0.15) is 0 Å². The van der Waals surface area contributed by atoms with Gasteiger partial charge in [-0.05, 0) is 51.4 Å². The van der Waals surface area contributed by atoms with Gasteiger partial charge in [0.2, 0.25) is 0 Å². The van der Waals surface area contributed by atoms with Crippen LogP contribution in [0.5, 0.6) is 0 Å². The predicted octanol–water partition coefficient (Wildman–Crippen LogP) is 2.29. The van der Waals surface area contributed by atoms with E-state index in [0.29, 0.717) is 6.04 Å². The Morgan fingerprint density at radius 1 is 1.40 bits per heavy atom. The number of hydrogen-bond donors (Lipinski definition) is 1. The molecule has 2 rings (SSSR count). The Balaban J connectivity index is 1.94. The summed E-state index contributed by atoms with van der Waals surface area (Å²) in [7, 11) is 0. The van der Waals surface area contributed by atoms with Crippen LogP contribution in [0, 0.1) is 13.8 Å². The van der Waals surface area contributed by atoms with Crippen LogP contribution in [-0.4, -0.2) is 24.0 Å². The van der Waals surface area contributed by atoms with Gasteiger partial charge in [-0.3, -0.25) is 4.90 Å². The smallest absolute Gasteiger partial charge is 0.0244 e. The molecule has 84 valence electrons. The Morgan fingerprint density at radius 2 is 2.07 bits per heavy atom. The van der Waals surface area contributed by atoms with Crippen molar-refractivity contribution in [3.8, 4) is 0 Å². The van der Waals surface area contributed by atoms with Crippen molar-refractivity contribution in [2.75, 3.05) is 13.1 Å². The van der Waals surface area contributed by atoms with Gasteiger partial charge in [0.05, 0.1) is 0 Å². The summed E-state index contributed by atoms with van der Waals surface area (Å²) in [5, 5.41) is 0. The molecule has 2 nitrogen and oxygen atoms in total. The maximum absolute atomic E-state index is 5.90. The third-order valence-corrected chi connectivity index (χ3v) is 4.18. The number of aryl methyl sites for hydroxylation is 2. The lowest BCUT2D eigenvalue weighted by Gasteiger charge is -2.29. The van der Waals surface area contributed by atoms with Crippen LogP contribution < -0.4 is 5.73 Å². The van der Waals surface area contributed by atoms with E-state index in [1.807, 2.05) is 11.3 Å². The Bertz CT molecular complexity index is 324. The third kappa shape index (κ3) is 2.80. The summed E-state index contributed by atoms with van der Waals surface area (Å²) in [6.45, 7) is 7.85. The number of rotatable bonds is 2. The van der Waals surface area contributed by atoms with Gasteiger partial charge in [0, 0.05) is 22.3 Å². The van der Waals surface area contributed by atoms with Crippen molar-refractivity contribution >= 4 is 11.3 Å². The highest BCUT2D eigenvalue weighted by Crippen LogP contribution is 2.23. The molecule has 0 unspecified atom stereocenters. The van der Waals surface area contributed by atoms with E-state index in [9.17, 15) is 0 Å². The molecule has 1 aromatic heterocycles. The average molecular weight is 224 g/mol. The summed E-state index contributed by atoms with van der Waals surface area (Å²) in [5.41, 5.74) is 7.41. The number of likely N-dealkylation sites (tertiary alicyclic amines) is 1. The quantitative estimate of drug-likeness (QED) is 0.835. The molecule has 1 aromatic rings. The average Bonchev–Trinajstić information content (AvgIpc) is 2.49. The molecule has 1 aliphatic heterocycles.